The van der Waals surface area contributed by atoms with Crippen LogP contribution in [0.2, 0.25) is 0 Å². The first-order valence-corrected chi connectivity index (χ1v) is 33.7. The van der Waals surface area contributed by atoms with Crippen LogP contribution in [0.1, 0.15) is 262 Å². The Kier molecular flexibility index (Phi) is 21.0. The maximum Gasteiger partial charge on any atom is 0.326 e. The van der Waals surface area contributed by atoms with Crippen molar-refractivity contribution in [2.75, 3.05) is 0 Å². The van der Waals surface area contributed by atoms with Crippen LogP contribution < -0.4 is 28.7 Å². The van der Waals surface area contributed by atoms with Crippen LogP contribution in [0.4, 0.5) is 0 Å². The molecule has 0 fully saturated rings. The summed E-state index contributed by atoms with van der Waals surface area (Å²) < 4.78 is 29.5. The summed E-state index contributed by atoms with van der Waals surface area (Å²) in [4.78, 5) is 0. The molecular weight excluding hydrogens is 1040 g/mol. The zero-order valence-electron chi connectivity index (χ0n) is 55.7. The summed E-state index contributed by atoms with van der Waals surface area (Å²) in [5.74, 6) is 3.52. The minimum absolute atomic E-state index is 0.0315. The van der Waals surface area contributed by atoms with Gasteiger partial charge in [0.15, 0.2) is 0 Å². The first-order valence-electron chi connectivity index (χ1n) is 31.3. The lowest BCUT2D eigenvalue weighted by molar-refractivity contribution is 0.439. The van der Waals surface area contributed by atoms with Crippen LogP contribution in [0.3, 0.4) is 0 Å². The van der Waals surface area contributed by atoms with E-state index < -0.39 is 16.8 Å². The molecule has 446 valence electrons. The van der Waals surface area contributed by atoms with Gasteiger partial charge in [-0.3, -0.25) is 0 Å². The Balaban J connectivity index is 1.48. The van der Waals surface area contributed by atoms with E-state index >= 15 is 0 Å². The van der Waals surface area contributed by atoms with Gasteiger partial charge in [-0.1, -0.05) is 239 Å². The molecule has 6 aromatic rings. The summed E-state index contributed by atoms with van der Waals surface area (Å²) >= 11 is 0. The molecule has 82 heavy (non-hydrogen) atoms. The second-order valence-corrected chi connectivity index (χ2v) is 31.5. The fourth-order valence-corrected chi connectivity index (χ4v) is 12.6. The number of benzene rings is 6. The van der Waals surface area contributed by atoms with Gasteiger partial charge in [-0.25, -0.2) is 0 Å². The SMILES string of the molecule is CCC(C)(C)c1ccc(OP(Oc2ccc(C(C)(C)CC)cc2C(C)(C)CC)c2ccc(-c3ccc(P(Oc4ccc(C(C)(C)CC)cc4C(C)(C)CC)Oc4ccc(C(C)(C)CC)cc4C(C)(C)CC)cc3)cc2)c(C(C)(C)CC)c1. The molecule has 0 aliphatic heterocycles. The zero-order chi connectivity index (χ0) is 61.0. The lowest BCUT2D eigenvalue weighted by Gasteiger charge is -2.33. The molecule has 4 nitrogen and oxygen atoms in total. The molecule has 0 amide bonds. The van der Waals surface area contributed by atoms with Crippen molar-refractivity contribution < 1.29 is 18.1 Å². The Labute approximate surface area is 503 Å². The molecule has 0 radical (unpaired) electrons. The van der Waals surface area contributed by atoms with Crippen LogP contribution in [0.5, 0.6) is 23.0 Å². The van der Waals surface area contributed by atoms with Gasteiger partial charge < -0.3 is 18.1 Å². The molecule has 0 heterocycles. The summed E-state index contributed by atoms with van der Waals surface area (Å²) in [7, 11) is -3.30. The highest BCUT2D eigenvalue weighted by molar-refractivity contribution is 7.57. The molecule has 0 bridgehead atoms. The highest BCUT2D eigenvalue weighted by Gasteiger charge is 2.35. The average molecular weight is 1150 g/mol. The van der Waals surface area contributed by atoms with E-state index in [4.69, 9.17) is 18.1 Å². The Morgan fingerprint density at radius 1 is 0.244 bits per heavy atom. The highest BCUT2D eigenvalue weighted by Crippen LogP contribution is 2.51. The van der Waals surface area contributed by atoms with Gasteiger partial charge >= 0.3 is 16.8 Å². The fraction of sp³-hybridized carbons (Fsp3) is 0.526. The quantitative estimate of drug-likeness (QED) is 0.0482. The highest BCUT2D eigenvalue weighted by atomic mass is 31.2. The fourth-order valence-electron chi connectivity index (χ4n) is 9.97. The van der Waals surface area contributed by atoms with Gasteiger partial charge in [-0.05, 0) is 177 Å². The van der Waals surface area contributed by atoms with Crippen molar-refractivity contribution in [2.45, 2.75) is 261 Å². The lowest BCUT2D eigenvalue weighted by Crippen LogP contribution is -2.22. The van der Waals surface area contributed by atoms with Crippen LogP contribution in [0.15, 0.2) is 121 Å². The molecule has 0 saturated carbocycles. The molecule has 0 N–H and O–H groups in total. The molecule has 0 saturated heterocycles. The normalized spacial score (nSPS) is 13.2. The lowest BCUT2D eigenvalue weighted by atomic mass is 9.76. The third kappa shape index (κ3) is 14.9. The first kappa shape index (κ1) is 66.5. The van der Waals surface area contributed by atoms with Crippen molar-refractivity contribution in [3.05, 3.63) is 166 Å². The Morgan fingerprint density at radius 2 is 0.427 bits per heavy atom. The van der Waals surface area contributed by atoms with Crippen molar-refractivity contribution in [3.8, 4) is 34.1 Å². The van der Waals surface area contributed by atoms with E-state index in [9.17, 15) is 0 Å². The molecule has 6 aromatic carbocycles. The van der Waals surface area contributed by atoms with Gasteiger partial charge in [-0.2, -0.15) is 0 Å². The van der Waals surface area contributed by atoms with Gasteiger partial charge in [-0.15, -0.1) is 0 Å². The Morgan fingerprint density at radius 3 is 0.598 bits per heavy atom. The maximum absolute atomic E-state index is 7.38. The smallest absolute Gasteiger partial charge is 0.326 e. The maximum atomic E-state index is 7.38. The third-order valence-corrected chi connectivity index (χ3v) is 23.1. The van der Waals surface area contributed by atoms with Crippen LogP contribution in [0, 0.1) is 0 Å². The van der Waals surface area contributed by atoms with Gasteiger partial charge in [0.2, 0.25) is 0 Å². The second kappa shape index (κ2) is 25.9. The van der Waals surface area contributed by atoms with Crippen molar-refractivity contribution in [1.82, 2.24) is 0 Å². The Hall–Kier alpha value is -4.62. The van der Waals surface area contributed by atoms with Gasteiger partial charge in [0.05, 0.1) is 10.6 Å². The van der Waals surface area contributed by atoms with Crippen molar-refractivity contribution >= 4 is 27.4 Å². The van der Waals surface area contributed by atoms with E-state index in [1.165, 1.54) is 44.5 Å². The summed E-state index contributed by atoms with van der Waals surface area (Å²) in [6.07, 6.45) is 8.07. The van der Waals surface area contributed by atoms with Gasteiger partial charge in [0, 0.05) is 22.3 Å². The molecular formula is C76H108O4P2. The van der Waals surface area contributed by atoms with E-state index in [2.05, 4.69) is 287 Å². The minimum atomic E-state index is -1.65. The van der Waals surface area contributed by atoms with Crippen molar-refractivity contribution in [1.29, 1.82) is 0 Å². The van der Waals surface area contributed by atoms with Gasteiger partial charge in [0.25, 0.3) is 0 Å². The first-order chi connectivity index (χ1) is 38.2. The number of rotatable bonds is 27. The largest absolute Gasteiger partial charge is 0.435 e. The molecule has 0 unspecified atom stereocenters. The summed E-state index contributed by atoms with van der Waals surface area (Å²) in [6.45, 7) is 55.6. The predicted molar refractivity (Wildman–Crippen MR) is 360 cm³/mol. The number of hydrogen-bond donors (Lipinski definition) is 0. The standard InChI is InChI=1S/C76H108O4P2/c1-25-69(9,10)55-37-45-65(61(49-55)73(17,18)29-5)77-81(78-66-46-38-56(70(11,12)26-2)50-62(66)74(19,20)30-6)59-41-33-53(34-42-59)54-35-43-60(44-36-54)82(79-67-47-39-57(71(13,14)27-3)51-63(67)75(21,22)31-7)80-68-48-40-58(72(15,16)28-4)52-64(68)76(23,24)32-8/h33-52H,25-32H2,1-24H3. The van der Waals surface area contributed by atoms with Crippen LogP contribution in [-0.4, -0.2) is 0 Å². The monoisotopic (exact) mass is 1150 g/mol. The van der Waals surface area contributed by atoms with Crippen LogP contribution in [-0.2, 0) is 43.3 Å². The van der Waals surface area contributed by atoms with Gasteiger partial charge in [0.1, 0.15) is 23.0 Å². The van der Waals surface area contributed by atoms with E-state index in [0.717, 1.165) is 96.1 Å². The van der Waals surface area contributed by atoms with E-state index in [0.29, 0.717) is 0 Å². The topological polar surface area (TPSA) is 36.9 Å². The predicted octanol–water partition coefficient (Wildman–Crippen LogP) is 23.0. The Bertz CT molecular complexity index is 2710. The van der Waals surface area contributed by atoms with E-state index in [1.807, 2.05) is 0 Å². The van der Waals surface area contributed by atoms with Crippen molar-refractivity contribution in [3.63, 3.8) is 0 Å². The third-order valence-electron chi connectivity index (χ3n) is 20.2. The molecule has 0 aliphatic carbocycles. The second-order valence-electron chi connectivity index (χ2n) is 28.7. The van der Waals surface area contributed by atoms with E-state index in [1.54, 1.807) is 0 Å². The molecule has 0 spiro atoms. The molecule has 0 aliphatic rings. The number of hydrogen-bond acceptors (Lipinski definition) is 4. The zero-order valence-corrected chi connectivity index (χ0v) is 57.5. The van der Waals surface area contributed by atoms with Crippen LogP contribution in [0.25, 0.3) is 11.1 Å². The van der Waals surface area contributed by atoms with E-state index in [-0.39, 0.29) is 43.3 Å². The summed E-state index contributed by atoms with van der Waals surface area (Å²) in [6, 6.07) is 45.3. The minimum Gasteiger partial charge on any atom is -0.435 e. The average Bonchev–Trinajstić information content (AvgIpc) is 3.53. The molecule has 0 atom stereocenters. The molecule has 6 heteroatoms. The summed E-state index contributed by atoms with van der Waals surface area (Å²) in [5.41, 5.74) is 12.0. The summed E-state index contributed by atoms with van der Waals surface area (Å²) in [5, 5.41) is 2.02. The van der Waals surface area contributed by atoms with Crippen molar-refractivity contribution in [2.24, 2.45) is 0 Å². The molecule has 6 rings (SSSR count). The van der Waals surface area contributed by atoms with Crippen LogP contribution >= 0.6 is 16.8 Å². The molecule has 0 aromatic heterocycles.